The number of para-hydroxylation sites is 1. The van der Waals surface area contributed by atoms with Crippen LogP contribution in [-0.2, 0) is 0 Å². The highest BCUT2D eigenvalue weighted by Crippen LogP contribution is 2.25. The summed E-state index contributed by atoms with van der Waals surface area (Å²) in [5.74, 6) is -0.173. The molecule has 0 unspecified atom stereocenters. The van der Waals surface area contributed by atoms with Gasteiger partial charge in [-0.3, -0.25) is 14.2 Å². The Labute approximate surface area is 126 Å². The van der Waals surface area contributed by atoms with Crippen molar-refractivity contribution in [2.75, 3.05) is 0 Å². The van der Waals surface area contributed by atoms with Gasteiger partial charge in [0.2, 0.25) is 0 Å². The minimum atomic E-state index is -0.173. The third kappa shape index (κ3) is 2.16. The summed E-state index contributed by atoms with van der Waals surface area (Å²) in [4.78, 5) is 24.0. The van der Waals surface area contributed by atoms with Crippen LogP contribution >= 0.6 is 11.6 Å². The lowest BCUT2D eigenvalue weighted by Crippen LogP contribution is -2.13. The SMILES string of the molecule is Cc1c(C=O)c2ccccc2n1C(=O)c1ccc(Cl)cc1. The van der Waals surface area contributed by atoms with Gasteiger partial charge >= 0.3 is 0 Å². The van der Waals surface area contributed by atoms with Gasteiger partial charge in [0.15, 0.2) is 6.29 Å². The molecule has 1 aromatic heterocycles. The smallest absolute Gasteiger partial charge is 0.262 e. The highest BCUT2D eigenvalue weighted by Gasteiger charge is 2.18. The van der Waals surface area contributed by atoms with Crippen LogP contribution in [0.3, 0.4) is 0 Å². The van der Waals surface area contributed by atoms with Crippen LogP contribution in [0.25, 0.3) is 10.9 Å². The molecule has 0 aliphatic rings. The molecule has 3 nitrogen and oxygen atoms in total. The molecule has 0 amide bonds. The van der Waals surface area contributed by atoms with E-state index in [4.69, 9.17) is 11.6 Å². The van der Waals surface area contributed by atoms with Gasteiger partial charge in [-0.05, 0) is 37.3 Å². The number of benzene rings is 2. The molecule has 0 aliphatic heterocycles. The molecular formula is C17H12ClNO2. The minimum absolute atomic E-state index is 0.173. The lowest BCUT2D eigenvalue weighted by molar-refractivity contribution is 0.0963. The number of carbonyl (C=O) groups is 2. The number of rotatable bonds is 2. The zero-order chi connectivity index (χ0) is 15.0. The third-order valence-electron chi connectivity index (χ3n) is 3.57. The summed E-state index contributed by atoms with van der Waals surface area (Å²) in [7, 11) is 0. The first-order valence-electron chi connectivity index (χ1n) is 6.49. The average molecular weight is 298 g/mol. The zero-order valence-electron chi connectivity index (χ0n) is 11.3. The molecule has 3 aromatic rings. The molecule has 0 N–H and O–H groups in total. The second-order valence-corrected chi connectivity index (χ2v) is 5.22. The molecule has 0 bridgehead atoms. The lowest BCUT2D eigenvalue weighted by Gasteiger charge is -2.07. The monoisotopic (exact) mass is 297 g/mol. The van der Waals surface area contributed by atoms with Crippen LogP contribution in [0.5, 0.6) is 0 Å². The first-order valence-corrected chi connectivity index (χ1v) is 6.86. The fraction of sp³-hybridized carbons (Fsp3) is 0.0588. The average Bonchev–Trinajstić information content (AvgIpc) is 2.78. The predicted molar refractivity (Wildman–Crippen MR) is 83.2 cm³/mol. The van der Waals surface area contributed by atoms with E-state index >= 15 is 0 Å². The Morgan fingerprint density at radius 1 is 1.10 bits per heavy atom. The molecule has 1 heterocycles. The van der Waals surface area contributed by atoms with Crippen molar-refractivity contribution in [3.05, 3.63) is 70.4 Å². The second-order valence-electron chi connectivity index (χ2n) is 4.78. The molecule has 0 radical (unpaired) electrons. The van der Waals surface area contributed by atoms with Gasteiger partial charge in [-0.1, -0.05) is 29.8 Å². The van der Waals surface area contributed by atoms with Crippen LogP contribution in [0, 0.1) is 6.92 Å². The van der Waals surface area contributed by atoms with E-state index in [-0.39, 0.29) is 5.91 Å². The van der Waals surface area contributed by atoms with Crippen molar-refractivity contribution in [1.82, 2.24) is 4.57 Å². The zero-order valence-corrected chi connectivity index (χ0v) is 12.1. The van der Waals surface area contributed by atoms with E-state index in [2.05, 4.69) is 0 Å². The van der Waals surface area contributed by atoms with Gasteiger partial charge in [-0.15, -0.1) is 0 Å². The highest BCUT2D eigenvalue weighted by molar-refractivity contribution is 6.30. The molecule has 3 rings (SSSR count). The summed E-state index contributed by atoms with van der Waals surface area (Å²) in [6.07, 6.45) is 0.795. The molecule has 21 heavy (non-hydrogen) atoms. The van der Waals surface area contributed by atoms with Crippen LogP contribution in [-0.4, -0.2) is 16.8 Å². The van der Waals surface area contributed by atoms with Gasteiger partial charge in [0.05, 0.1) is 5.52 Å². The van der Waals surface area contributed by atoms with E-state index in [1.165, 1.54) is 0 Å². The van der Waals surface area contributed by atoms with E-state index in [1.807, 2.05) is 24.3 Å². The Morgan fingerprint density at radius 3 is 2.43 bits per heavy atom. The van der Waals surface area contributed by atoms with E-state index < -0.39 is 0 Å². The molecule has 4 heteroatoms. The number of hydrogen-bond acceptors (Lipinski definition) is 2. The van der Waals surface area contributed by atoms with Crippen molar-refractivity contribution < 1.29 is 9.59 Å². The van der Waals surface area contributed by atoms with E-state index in [9.17, 15) is 9.59 Å². The number of aromatic nitrogens is 1. The first-order chi connectivity index (χ1) is 10.1. The lowest BCUT2D eigenvalue weighted by atomic mass is 10.1. The number of hydrogen-bond donors (Lipinski definition) is 0. The third-order valence-corrected chi connectivity index (χ3v) is 3.82. The van der Waals surface area contributed by atoms with Crippen molar-refractivity contribution >= 4 is 34.7 Å². The van der Waals surface area contributed by atoms with E-state index in [0.717, 1.165) is 17.2 Å². The summed E-state index contributed by atoms with van der Waals surface area (Å²) in [6.45, 7) is 1.78. The molecule has 0 atom stereocenters. The first kappa shape index (κ1) is 13.6. The van der Waals surface area contributed by atoms with Gasteiger partial charge < -0.3 is 0 Å². The van der Waals surface area contributed by atoms with Gasteiger partial charge in [0.25, 0.3) is 5.91 Å². The summed E-state index contributed by atoms with van der Waals surface area (Å²) >= 11 is 5.85. The Kier molecular flexibility index (Phi) is 3.35. The Morgan fingerprint density at radius 2 is 1.76 bits per heavy atom. The minimum Gasteiger partial charge on any atom is -0.298 e. The van der Waals surface area contributed by atoms with Gasteiger partial charge in [-0.25, -0.2) is 0 Å². The van der Waals surface area contributed by atoms with E-state index in [0.29, 0.717) is 21.8 Å². The molecular weight excluding hydrogens is 286 g/mol. The van der Waals surface area contributed by atoms with Gasteiger partial charge in [0.1, 0.15) is 0 Å². The summed E-state index contributed by atoms with van der Waals surface area (Å²) < 4.78 is 1.57. The topological polar surface area (TPSA) is 39.1 Å². The fourth-order valence-electron chi connectivity index (χ4n) is 2.52. The fourth-order valence-corrected chi connectivity index (χ4v) is 2.65. The standard InChI is InChI=1S/C17H12ClNO2/c1-11-15(10-20)14-4-2-3-5-16(14)19(11)17(21)12-6-8-13(18)9-7-12/h2-10H,1H3. The Hall–Kier alpha value is -2.39. The molecule has 0 saturated heterocycles. The van der Waals surface area contributed by atoms with E-state index in [1.54, 1.807) is 35.8 Å². The van der Waals surface area contributed by atoms with Gasteiger partial charge in [0, 0.05) is 27.2 Å². The number of carbonyl (C=O) groups excluding carboxylic acids is 2. The van der Waals surface area contributed by atoms with Crippen LogP contribution in [0.1, 0.15) is 26.4 Å². The van der Waals surface area contributed by atoms with Crippen LogP contribution in [0.2, 0.25) is 5.02 Å². The van der Waals surface area contributed by atoms with Crippen LogP contribution < -0.4 is 0 Å². The molecule has 2 aromatic carbocycles. The molecule has 0 fully saturated rings. The van der Waals surface area contributed by atoms with Crippen molar-refractivity contribution in [2.45, 2.75) is 6.92 Å². The van der Waals surface area contributed by atoms with Crippen molar-refractivity contribution in [3.8, 4) is 0 Å². The molecule has 0 aliphatic carbocycles. The normalized spacial score (nSPS) is 10.8. The summed E-state index contributed by atoms with van der Waals surface area (Å²) in [5.41, 5.74) is 2.46. The number of nitrogens with zero attached hydrogens (tertiary/aromatic N) is 1. The highest BCUT2D eigenvalue weighted by atomic mass is 35.5. The van der Waals surface area contributed by atoms with Crippen molar-refractivity contribution in [2.24, 2.45) is 0 Å². The summed E-state index contributed by atoms with van der Waals surface area (Å²) in [5, 5.41) is 1.36. The van der Waals surface area contributed by atoms with Gasteiger partial charge in [-0.2, -0.15) is 0 Å². The maximum absolute atomic E-state index is 12.7. The van der Waals surface area contributed by atoms with Crippen LogP contribution in [0.4, 0.5) is 0 Å². The quantitative estimate of drug-likeness (QED) is 0.668. The summed E-state index contributed by atoms with van der Waals surface area (Å²) in [6, 6.07) is 14.1. The maximum Gasteiger partial charge on any atom is 0.262 e. The molecule has 0 saturated carbocycles. The number of fused-ring (bicyclic) bond motifs is 1. The van der Waals surface area contributed by atoms with Crippen molar-refractivity contribution in [1.29, 1.82) is 0 Å². The van der Waals surface area contributed by atoms with Crippen LogP contribution in [0.15, 0.2) is 48.5 Å². The molecule has 0 spiro atoms. The Balaban J connectivity index is 2.25. The maximum atomic E-state index is 12.7. The predicted octanol–water partition coefficient (Wildman–Crippen LogP) is 4.10. The number of halogens is 1. The largest absolute Gasteiger partial charge is 0.298 e. The van der Waals surface area contributed by atoms with Crippen molar-refractivity contribution in [3.63, 3.8) is 0 Å². The Bertz CT molecular complexity index is 847. The number of aldehydes is 1. The second kappa shape index (κ2) is 5.19. The molecule has 104 valence electrons.